The van der Waals surface area contributed by atoms with Crippen molar-refractivity contribution in [3.05, 3.63) is 36.9 Å². The van der Waals surface area contributed by atoms with E-state index < -0.39 is 12.1 Å². The van der Waals surface area contributed by atoms with Crippen LogP contribution in [-0.4, -0.2) is 37.0 Å². The number of carboxylic acid groups (broad SMARTS) is 1. The summed E-state index contributed by atoms with van der Waals surface area (Å²) in [4.78, 5) is 16.3. The molecular weight excluding hydrogens is 351 g/mol. The molecule has 0 aromatic carbocycles. The van der Waals surface area contributed by atoms with Gasteiger partial charge >= 0.3 is 12.1 Å². The van der Waals surface area contributed by atoms with Crippen LogP contribution >= 0.6 is 0 Å². The molecule has 0 amide bonds. The van der Waals surface area contributed by atoms with Crippen molar-refractivity contribution in [2.24, 2.45) is 0 Å². The van der Waals surface area contributed by atoms with Crippen molar-refractivity contribution in [1.82, 2.24) is 19.7 Å². The minimum Gasteiger partial charge on any atom is -0.475 e. The van der Waals surface area contributed by atoms with Gasteiger partial charge in [0.25, 0.3) is 0 Å². The Bertz CT molecular complexity index is 939. The van der Waals surface area contributed by atoms with E-state index in [2.05, 4.69) is 21.1 Å². The molecule has 10 heteroatoms. The van der Waals surface area contributed by atoms with E-state index in [-0.39, 0.29) is 6.04 Å². The van der Waals surface area contributed by atoms with Crippen LogP contribution in [0.25, 0.3) is 22.2 Å². The Morgan fingerprint density at radius 3 is 2.77 bits per heavy atom. The number of nitriles is 1. The normalized spacial score (nSPS) is 12.1. The quantitative estimate of drug-likeness (QED) is 0.738. The topological polar surface area (TPSA) is 108 Å². The van der Waals surface area contributed by atoms with E-state index in [4.69, 9.17) is 15.2 Å². The largest absolute Gasteiger partial charge is 0.490 e. The summed E-state index contributed by atoms with van der Waals surface area (Å²) in [5.41, 5.74) is 3.01. The van der Waals surface area contributed by atoms with Crippen molar-refractivity contribution in [1.29, 1.82) is 5.26 Å². The number of nitrogens with one attached hydrogen (secondary N) is 1. The molecule has 0 bridgehead atoms. The van der Waals surface area contributed by atoms with Gasteiger partial charge in [0, 0.05) is 29.5 Å². The molecule has 7 nitrogen and oxygen atoms in total. The number of hydrogen-bond acceptors (Lipinski definition) is 4. The van der Waals surface area contributed by atoms with E-state index in [0.29, 0.717) is 6.42 Å². The Morgan fingerprint density at radius 2 is 2.15 bits per heavy atom. The number of aliphatic carboxylic acids is 1. The fraction of sp³-hybridized carbons (Fsp3) is 0.250. The summed E-state index contributed by atoms with van der Waals surface area (Å²) >= 11 is 0. The van der Waals surface area contributed by atoms with E-state index in [1.807, 2.05) is 42.3 Å². The summed E-state index contributed by atoms with van der Waals surface area (Å²) < 4.78 is 33.6. The van der Waals surface area contributed by atoms with E-state index in [0.717, 1.165) is 22.2 Å². The highest BCUT2D eigenvalue weighted by atomic mass is 19.4. The molecule has 0 saturated heterocycles. The fourth-order valence-corrected chi connectivity index (χ4v) is 2.16. The molecule has 0 unspecified atom stereocenters. The van der Waals surface area contributed by atoms with Crippen molar-refractivity contribution < 1.29 is 23.1 Å². The average Bonchev–Trinajstić information content (AvgIpc) is 3.24. The first kappa shape index (κ1) is 19.0. The molecule has 3 heterocycles. The van der Waals surface area contributed by atoms with Crippen LogP contribution in [0.5, 0.6) is 0 Å². The molecule has 0 spiro atoms. The number of nitrogens with zero attached hydrogens (tertiary/aromatic N) is 4. The first-order valence-corrected chi connectivity index (χ1v) is 7.37. The highest BCUT2D eigenvalue weighted by molar-refractivity contribution is 5.92. The van der Waals surface area contributed by atoms with Gasteiger partial charge in [-0.1, -0.05) is 0 Å². The molecule has 0 fully saturated rings. The van der Waals surface area contributed by atoms with Crippen molar-refractivity contribution in [3.8, 4) is 17.2 Å². The van der Waals surface area contributed by atoms with Gasteiger partial charge in [-0.3, -0.25) is 4.68 Å². The zero-order chi connectivity index (χ0) is 19.3. The van der Waals surface area contributed by atoms with Gasteiger partial charge in [0.05, 0.1) is 24.7 Å². The van der Waals surface area contributed by atoms with Crippen LogP contribution in [0.2, 0.25) is 0 Å². The third kappa shape index (κ3) is 4.38. The number of aromatic amines is 1. The molecule has 0 aliphatic carbocycles. The van der Waals surface area contributed by atoms with Crippen molar-refractivity contribution in [2.45, 2.75) is 25.6 Å². The molecule has 136 valence electrons. The molecule has 0 radical (unpaired) electrons. The lowest BCUT2D eigenvalue weighted by Crippen LogP contribution is -2.21. The molecule has 26 heavy (non-hydrogen) atoms. The number of alkyl halides is 3. The van der Waals surface area contributed by atoms with Gasteiger partial charge in [0.1, 0.15) is 5.65 Å². The van der Waals surface area contributed by atoms with Crippen LogP contribution in [0, 0.1) is 11.3 Å². The summed E-state index contributed by atoms with van der Waals surface area (Å²) in [6, 6.07) is 6.24. The van der Waals surface area contributed by atoms with Crippen LogP contribution in [0.15, 0.2) is 36.9 Å². The van der Waals surface area contributed by atoms with Crippen LogP contribution < -0.4 is 0 Å². The van der Waals surface area contributed by atoms with Gasteiger partial charge in [-0.25, -0.2) is 9.78 Å². The maximum Gasteiger partial charge on any atom is 0.490 e. The van der Waals surface area contributed by atoms with Crippen molar-refractivity contribution in [2.75, 3.05) is 0 Å². The SMILES string of the molecule is C[C@H](CC#N)n1cc(-c2ccnc3[nH]ccc23)cn1.O=C(O)C(F)(F)F. The smallest absolute Gasteiger partial charge is 0.475 e. The molecule has 0 aliphatic rings. The number of rotatable bonds is 3. The number of pyridine rings is 1. The van der Waals surface area contributed by atoms with E-state index in [9.17, 15) is 13.2 Å². The van der Waals surface area contributed by atoms with Crippen molar-refractivity contribution in [3.63, 3.8) is 0 Å². The molecular formula is C16H14F3N5O2. The minimum absolute atomic E-state index is 0.0855. The molecule has 0 aliphatic heterocycles. The van der Waals surface area contributed by atoms with Gasteiger partial charge < -0.3 is 10.1 Å². The predicted molar refractivity (Wildman–Crippen MR) is 85.9 cm³/mol. The highest BCUT2D eigenvalue weighted by Crippen LogP contribution is 2.27. The number of fused-ring (bicyclic) bond motifs is 1. The third-order valence-corrected chi connectivity index (χ3v) is 3.45. The second kappa shape index (κ2) is 7.69. The lowest BCUT2D eigenvalue weighted by Gasteiger charge is -2.06. The average molecular weight is 365 g/mol. The fourth-order valence-electron chi connectivity index (χ4n) is 2.16. The highest BCUT2D eigenvalue weighted by Gasteiger charge is 2.38. The summed E-state index contributed by atoms with van der Waals surface area (Å²) in [6.45, 7) is 1.98. The maximum absolute atomic E-state index is 10.6. The number of hydrogen-bond donors (Lipinski definition) is 2. The lowest BCUT2D eigenvalue weighted by atomic mass is 10.1. The summed E-state index contributed by atoms with van der Waals surface area (Å²) in [6.07, 6.45) is 2.84. The molecule has 0 saturated carbocycles. The summed E-state index contributed by atoms with van der Waals surface area (Å²) in [7, 11) is 0. The van der Waals surface area contributed by atoms with Gasteiger partial charge in [0.2, 0.25) is 0 Å². The Morgan fingerprint density at radius 1 is 1.46 bits per heavy atom. The molecule has 1 atom stereocenters. The molecule has 2 N–H and O–H groups in total. The Labute approximate surface area is 145 Å². The minimum atomic E-state index is -5.08. The van der Waals surface area contributed by atoms with Crippen LogP contribution in [0.3, 0.4) is 0 Å². The monoisotopic (exact) mass is 365 g/mol. The first-order chi connectivity index (χ1) is 12.2. The van der Waals surface area contributed by atoms with Crippen LogP contribution in [0.4, 0.5) is 13.2 Å². The van der Waals surface area contributed by atoms with E-state index >= 15 is 0 Å². The number of halogens is 3. The first-order valence-electron chi connectivity index (χ1n) is 7.37. The summed E-state index contributed by atoms with van der Waals surface area (Å²) in [5, 5.41) is 21.3. The van der Waals surface area contributed by atoms with Gasteiger partial charge in [-0.05, 0) is 24.6 Å². The molecule has 3 rings (SSSR count). The Balaban J connectivity index is 0.000000298. The Kier molecular flexibility index (Phi) is 5.61. The zero-order valence-electron chi connectivity index (χ0n) is 13.5. The van der Waals surface area contributed by atoms with Crippen molar-refractivity contribution >= 4 is 17.0 Å². The van der Waals surface area contributed by atoms with Gasteiger partial charge in [0.15, 0.2) is 0 Å². The number of H-pyrrole nitrogens is 1. The Hall–Kier alpha value is -3.35. The number of carboxylic acids is 1. The van der Waals surface area contributed by atoms with Gasteiger partial charge in [-0.15, -0.1) is 0 Å². The second-order valence-electron chi connectivity index (χ2n) is 5.32. The maximum atomic E-state index is 10.6. The summed E-state index contributed by atoms with van der Waals surface area (Å²) in [5.74, 6) is -2.76. The van der Waals surface area contributed by atoms with E-state index in [1.165, 1.54) is 0 Å². The van der Waals surface area contributed by atoms with Gasteiger partial charge in [-0.2, -0.15) is 23.5 Å². The number of carbonyl (C=O) groups is 1. The van der Waals surface area contributed by atoms with Crippen LogP contribution in [-0.2, 0) is 4.79 Å². The molecule has 3 aromatic rings. The standard InChI is InChI=1S/C14H13N5.C2HF3O2/c1-10(2-5-15)19-9-11(8-18-19)12-3-6-16-14-13(12)4-7-17-14;3-2(4,5)1(6)7/h3-4,6-10H,2H2,1H3,(H,16,17);(H,6,7)/t10-;/m1./s1. The number of aromatic nitrogens is 4. The molecule has 3 aromatic heterocycles. The third-order valence-electron chi connectivity index (χ3n) is 3.45. The second-order valence-corrected chi connectivity index (χ2v) is 5.32. The van der Waals surface area contributed by atoms with E-state index in [1.54, 1.807) is 6.20 Å². The predicted octanol–water partition coefficient (Wildman–Crippen LogP) is 3.53. The zero-order valence-corrected chi connectivity index (χ0v) is 13.5. The lowest BCUT2D eigenvalue weighted by molar-refractivity contribution is -0.192. The van der Waals surface area contributed by atoms with Crippen LogP contribution in [0.1, 0.15) is 19.4 Å².